The lowest BCUT2D eigenvalue weighted by atomic mass is 9.96. The molecule has 0 radical (unpaired) electrons. The van der Waals surface area contributed by atoms with Crippen LogP contribution in [-0.4, -0.2) is 28.5 Å². The monoisotopic (exact) mass is 339 g/mol. The summed E-state index contributed by atoms with van der Waals surface area (Å²) in [7, 11) is 1.46. The van der Waals surface area contributed by atoms with Crippen molar-refractivity contribution in [3.63, 3.8) is 0 Å². The topological polar surface area (TPSA) is 67.4 Å². The van der Waals surface area contributed by atoms with Gasteiger partial charge in [0.2, 0.25) is 0 Å². The molecule has 1 amide bonds. The molecule has 0 unspecified atom stereocenters. The number of nitriles is 1. The number of anilines is 1. The first-order valence-electron chi connectivity index (χ1n) is 7.39. The summed E-state index contributed by atoms with van der Waals surface area (Å²) in [5, 5.41) is 10.8. The number of nitrogens with zero attached hydrogens (tertiary/aromatic N) is 4. The van der Waals surface area contributed by atoms with Gasteiger partial charge in [-0.05, 0) is 36.0 Å². The maximum Gasteiger partial charge on any atom is 0.417 e. The highest BCUT2D eigenvalue weighted by Gasteiger charge is 2.64. The van der Waals surface area contributed by atoms with E-state index in [4.69, 9.17) is 5.26 Å². The van der Waals surface area contributed by atoms with Gasteiger partial charge in [-0.1, -0.05) is 17.9 Å². The minimum atomic E-state index is -4.76. The van der Waals surface area contributed by atoms with Gasteiger partial charge in [0.1, 0.15) is 5.69 Å². The molecule has 1 saturated heterocycles. The van der Waals surface area contributed by atoms with E-state index in [9.17, 15) is 22.9 Å². The Labute approximate surface area is 135 Å². The van der Waals surface area contributed by atoms with Crippen molar-refractivity contribution in [2.24, 2.45) is 0 Å². The summed E-state index contributed by atoms with van der Waals surface area (Å²) in [5.41, 5.74) is -2.91. The van der Waals surface area contributed by atoms with Gasteiger partial charge in [0.15, 0.2) is 5.54 Å². The quantitative estimate of drug-likeness (QED) is 0.738. The maximum atomic E-state index is 13.1. The molecule has 1 aliphatic carbocycles. The zero-order valence-corrected chi connectivity index (χ0v) is 12.8. The summed E-state index contributed by atoms with van der Waals surface area (Å²) >= 11 is 0. The van der Waals surface area contributed by atoms with Gasteiger partial charge in [0.25, 0.3) is 4.98 Å². The summed E-state index contributed by atoms with van der Waals surface area (Å²) < 4.78 is 39.3. The Morgan fingerprint density at radius 3 is 2.46 bits per heavy atom. The number of alkyl halides is 3. The van der Waals surface area contributed by atoms with E-state index in [1.165, 1.54) is 24.2 Å². The van der Waals surface area contributed by atoms with E-state index >= 15 is 0 Å². The lowest BCUT2D eigenvalue weighted by Crippen LogP contribution is -2.45. The SMILES string of the molecule is CN1[N+](=O)N(c2ccc(C#N)c(C(F)(F)F)c2)C(=O)C12CCCC2. The molecule has 0 atom stereocenters. The van der Waals surface area contributed by atoms with Crippen molar-refractivity contribution < 1.29 is 22.9 Å². The zero-order chi connectivity index (χ0) is 17.7. The smallest absolute Gasteiger partial charge is 0.265 e. The second-order valence-electron chi connectivity index (χ2n) is 5.97. The number of hydrazine groups is 2. The fraction of sp³-hybridized carbons (Fsp3) is 0.467. The van der Waals surface area contributed by atoms with Crippen molar-refractivity contribution in [3.05, 3.63) is 34.2 Å². The van der Waals surface area contributed by atoms with E-state index in [1.807, 2.05) is 0 Å². The summed E-state index contributed by atoms with van der Waals surface area (Å²) in [5.74, 6) is -0.532. The molecule has 1 heterocycles. The molecule has 2 aliphatic rings. The second kappa shape index (κ2) is 5.19. The average Bonchev–Trinajstić information content (AvgIpc) is 3.09. The predicted octanol–water partition coefficient (Wildman–Crippen LogP) is 2.78. The second-order valence-corrected chi connectivity index (χ2v) is 5.97. The van der Waals surface area contributed by atoms with Crippen LogP contribution in [0, 0.1) is 16.2 Å². The molecule has 24 heavy (non-hydrogen) atoms. The predicted molar refractivity (Wildman–Crippen MR) is 76.2 cm³/mol. The Morgan fingerprint density at radius 1 is 1.29 bits per heavy atom. The number of benzene rings is 1. The van der Waals surface area contributed by atoms with Gasteiger partial charge in [0.05, 0.1) is 29.2 Å². The van der Waals surface area contributed by atoms with Crippen LogP contribution in [0.15, 0.2) is 18.2 Å². The fourth-order valence-corrected chi connectivity index (χ4v) is 3.42. The molecule has 9 heteroatoms. The van der Waals surface area contributed by atoms with Crippen molar-refractivity contribution in [2.45, 2.75) is 37.4 Å². The average molecular weight is 339 g/mol. The summed E-state index contributed by atoms with van der Waals surface area (Å²) in [6.45, 7) is 0. The van der Waals surface area contributed by atoms with E-state index in [-0.39, 0.29) is 5.69 Å². The van der Waals surface area contributed by atoms with Gasteiger partial charge < -0.3 is 0 Å². The van der Waals surface area contributed by atoms with E-state index in [0.717, 1.165) is 18.9 Å². The number of halogens is 3. The van der Waals surface area contributed by atoms with Crippen LogP contribution >= 0.6 is 0 Å². The highest BCUT2D eigenvalue weighted by Crippen LogP contribution is 2.43. The number of nitroso groups, excluding NO2 is 1. The van der Waals surface area contributed by atoms with Crippen molar-refractivity contribution in [3.8, 4) is 6.07 Å². The third-order valence-electron chi connectivity index (χ3n) is 4.74. The van der Waals surface area contributed by atoms with Crippen LogP contribution < -0.4 is 5.01 Å². The minimum absolute atomic E-state index is 0.197. The number of hydrogen-bond acceptors (Lipinski definition) is 3. The van der Waals surface area contributed by atoms with Gasteiger partial charge in [-0.25, -0.2) is 0 Å². The number of carbonyl (C=O) groups is 1. The molecular formula is C15H14F3N4O2+. The van der Waals surface area contributed by atoms with Crippen LogP contribution in [-0.2, 0) is 11.0 Å². The first kappa shape index (κ1) is 16.2. The van der Waals surface area contributed by atoms with Crippen LogP contribution in [0.5, 0.6) is 0 Å². The largest absolute Gasteiger partial charge is 0.417 e. The molecule has 0 bridgehead atoms. The Morgan fingerprint density at radius 2 is 1.92 bits per heavy atom. The first-order chi connectivity index (χ1) is 11.2. The Kier molecular flexibility index (Phi) is 3.51. The summed E-state index contributed by atoms with van der Waals surface area (Å²) in [6.07, 6.45) is -2.23. The number of likely N-dealkylation sites (N-methyl/N-ethyl adjacent to an activating group) is 1. The van der Waals surface area contributed by atoms with Crippen LogP contribution in [0.4, 0.5) is 18.9 Å². The molecule has 1 aliphatic heterocycles. The molecule has 1 saturated carbocycles. The van der Waals surface area contributed by atoms with Gasteiger partial charge in [0, 0.05) is 0 Å². The lowest BCUT2D eigenvalue weighted by molar-refractivity contribution is -0.699. The third-order valence-corrected chi connectivity index (χ3v) is 4.74. The number of carbonyl (C=O) groups excluding carboxylic acids is 1. The van der Waals surface area contributed by atoms with Crippen LogP contribution in [0.25, 0.3) is 0 Å². The van der Waals surface area contributed by atoms with E-state index in [2.05, 4.69) is 0 Å². The maximum absolute atomic E-state index is 13.1. The number of hydrogen-bond donors (Lipinski definition) is 0. The first-order valence-corrected chi connectivity index (χ1v) is 7.39. The van der Waals surface area contributed by atoms with Gasteiger partial charge in [-0.15, -0.1) is 0 Å². The lowest BCUT2D eigenvalue weighted by Gasteiger charge is -2.19. The zero-order valence-electron chi connectivity index (χ0n) is 12.8. The molecule has 2 fully saturated rings. The van der Waals surface area contributed by atoms with E-state index in [1.54, 1.807) is 0 Å². The van der Waals surface area contributed by atoms with Crippen molar-refractivity contribution in [1.82, 2.24) is 5.01 Å². The molecule has 1 spiro atoms. The van der Waals surface area contributed by atoms with Crippen LogP contribution in [0.3, 0.4) is 0 Å². The normalized spacial score (nSPS) is 20.1. The molecule has 1 aromatic carbocycles. The molecule has 3 rings (SSSR count). The Hall–Kier alpha value is -2.63. The van der Waals surface area contributed by atoms with Crippen molar-refractivity contribution >= 4 is 11.6 Å². The molecule has 1 aromatic rings. The minimum Gasteiger partial charge on any atom is -0.265 e. The van der Waals surface area contributed by atoms with Crippen LogP contribution in [0.1, 0.15) is 36.8 Å². The highest BCUT2D eigenvalue weighted by molar-refractivity contribution is 5.99. The third kappa shape index (κ3) is 2.13. The van der Waals surface area contributed by atoms with E-state index < -0.39 is 28.7 Å². The Balaban J connectivity index is 2.08. The summed E-state index contributed by atoms with van der Waals surface area (Å²) in [4.78, 5) is 25.5. The van der Waals surface area contributed by atoms with Gasteiger partial charge >= 0.3 is 12.1 Å². The highest BCUT2D eigenvalue weighted by atomic mass is 19.4. The summed E-state index contributed by atoms with van der Waals surface area (Å²) in [6, 6.07) is 4.29. The van der Waals surface area contributed by atoms with Gasteiger partial charge in [-0.3, -0.25) is 4.79 Å². The molecule has 0 N–H and O–H groups in total. The number of rotatable bonds is 1. The number of amides is 1. The van der Waals surface area contributed by atoms with Crippen molar-refractivity contribution in [1.29, 1.82) is 5.26 Å². The van der Waals surface area contributed by atoms with E-state index in [0.29, 0.717) is 28.9 Å². The molecular weight excluding hydrogens is 325 g/mol. The van der Waals surface area contributed by atoms with Crippen molar-refractivity contribution in [2.75, 3.05) is 12.1 Å². The van der Waals surface area contributed by atoms with Gasteiger partial charge in [-0.2, -0.15) is 18.4 Å². The molecule has 126 valence electrons. The van der Waals surface area contributed by atoms with Crippen LogP contribution in [0.2, 0.25) is 0 Å². The standard InChI is InChI=1S/C15H14F3N4O2/c1-20-14(6-2-3-7-14)13(23)21(22(20)24)11-5-4-10(9-19)12(8-11)15(16,17)18/h4-5,8H,2-3,6-7H2,1H3/q+1. The Bertz CT molecular complexity index is 763. The fourth-order valence-electron chi connectivity index (χ4n) is 3.42. The molecule has 0 aromatic heterocycles. The molecule has 6 nitrogen and oxygen atoms in total.